The molecule has 22 heavy (non-hydrogen) atoms. The summed E-state index contributed by atoms with van der Waals surface area (Å²) in [5, 5.41) is 3.08. The van der Waals surface area contributed by atoms with E-state index in [4.69, 9.17) is 5.73 Å². The van der Waals surface area contributed by atoms with E-state index in [1.54, 1.807) is 6.20 Å². The number of likely N-dealkylation sites (tertiary alicyclic amines) is 1. The molecule has 1 fully saturated rings. The Balaban J connectivity index is 0.00000242. The lowest BCUT2D eigenvalue weighted by Gasteiger charge is -2.33. The van der Waals surface area contributed by atoms with Gasteiger partial charge in [0.25, 0.3) is 0 Å². The predicted molar refractivity (Wildman–Crippen MR) is 90.7 cm³/mol. The van der Waals surface area contributed by atoms with E-state index in [0.29, 0.717) is 0 Å². The average molecular weight is 327 g/mol. The summed E-state index contributed by atoms with van der Waals surface area (Å²) >= 11 is 0. The van der Waals surface area contributed by atoms with Gasteiger partial charge in [0.05, 0.1) is 6.04 Å². The van der Waals surface area contributed by atoms with Gasteiger partial charge in [-0.15, -0.1) is 12.4 Å². The van der Waals surface area contributed by atoms with Crippen LogP contribution in [0.15, 0.2) is 24.5 Å². The molecule has 0 saturated carbocycles. The molecule has 2 heterocycles. The summed E-state index contributed by atoms with van der Waals surface area (Å²) in [5.41, 5.74) is 7.12. The van der Waals surface area contributed by atoms with Gasteiger partial charge in [-0.2, -0.15) is 0 Å². The van der Waals surface area contributed by atoms with Gasteiger partial charge in [-0.1, -0.05) is 19.9 Å². The summed E-state index contributed by atoms with van der Waals surface area (Å²) in [6, 6.07) is 3.92. The van der Waals surface area contributed by atoms with E-state index < -0.39 is 6.04 Å². The van der Waals surface area contributed by atoms with Crippen LogP contribution >= 0.6 is 12.4 Å². The molecule has 1 aliphatic heterocycles. The molecule has 3 N–H and O–H groups in total. The zero-order valence-corrected chi connectivity index (χ0v) is 14.2. The summed E-state index contributed by atoms with van der Waals surface area (Å²) in [5.74, 6) is 0.159. The summed E-state index contributed by atoms with van der Waals surface area (Å²) < 4.78 is 0. The van der Waals surface area contributed by atoms with Crippen LogP contribution in [0.3, 0.4) is 0 Å². The van der Waals surface area contributed by atoms with E-state index in [1.807, 2.05) is 26.1 Å². The summed E-state index contributed by atoms with van der Waals surface area (Å²) in [6.45, 7) is 6.87. The average Bonchev–Trinajstić information content (AvgIpc) is 2.49. The van der Waals surface area contributed by atoms with Crippen molar-refractivity contribution in [2.45, 2.75) is 45.3 Å². The highest BCUT2D eigenvalue weighted by atomic mass is 35.5. The van der Waals surface area contributed by atoms with E-state index >= 15 is 0 Å². The van der Waals surface area contributed by atoms with E-state index in [0.717, 1.165) is 32.5 Å². The second-order valence-electron chi connectivity index (χ2n) is 6.19. The van der Waals surface area contributed by atoms with Crippen LogP contribution < -0.4 is 11.1 Å². The second-order valence-corrected chi connectivity index (χ2v) is 6.19. The number of piperidine rings is 1. The minimum absolute atomic E-state index is 0. The molecule has 0 bridgehead atoms. The Kier molecular flexibility index (Phi) is 7.79. The lowest BCUT2D eigenvalue weighted by molar-refractivity contribution is -0.124. The molecule has 1 aromatic rings. The number of nitrogens with one attached hydrogen (secondary N) is 1. The molecule has 2 rings (SSSR count). The Morgan fingerprint density at radius 2 is 2.14 bits per heavy atom. The standard InChI is InChI=1S/C16H26N4O.ClH/c1-12(2)15(17)16(21)19-14-5-8-20(9-6-14)11-13-4-3-7-18-10-13;/h3-4,7,10,12,14-15H,5-6,8-9,11,17H2,1-2H3,(H,19,21);1H/t15-;/m0./s1. The van der Waals surface area contributed by atoms with Gasteiger partial charge in [-0.3, -0.25) is 14.7 Å². The zero-order chi connectivity index (χ0) is 15.2. The van der Waals surface area contributed by atoms with Crippen molar-refractivity contribution in [2.24, 2.45) is 11.7 Å². The quantitative estimate of drug-likeness (QED) is 0.861. The van der Waals surface area contributed by atoms with Crippen LogP contribution in [-0.4, -0.2) is 41.0 Å². The Morgan fingerprint density at radius 3 is 2.68 bits per heavy atom. The van der Waals surface area contributed by atoms with Gasteiger partial charge in [-0.05, 0) is 30.4 Å². The van der Waals surface area contributed by atoms with Crippen molar-refractivity contribution in [1.29, 1.82) is 0 Å². The Bertz CT molecular complexity index is 447. The molecule has 0 radical (unpaired) electrons. The van der Waals surface area contributed by atoms with Crippen molar-refractivity contribution in [1.82, 2.24) is 15.2 Å². The number of halogens is 1. The van der Waals surface area contributed by atoms with Crippen molar-refractivity contribution in [3.8, 4) is 0 Å². The summed E-state index contributed by atoms with van der Waals surface area (Å²) in [6.07, 6.45) is 5.67. The van der Waals surface area contributed by atoms with Gasteiger partial charge in [-0.25, -0.2) is 0 Å². The van der Waals surface area contributed by atoms with Crippen LogP contribution in [-0.2, 0) is 11.3 Å². The summed E-state index contributed by atoms with van der Waals surface area (Å²) in [4.78, 5) is 18.5. The molecule has 0 aromatic carbocycles. The van der Waals surface area contributed by atoms with E-state index in [1.165, 1.54) is 5.56 Å². The first-order chi connectivity index (χ1) is 10.1. The molecule has 0 spiro atoms. The number of carbonyl (C=O) groups is 1. The van der Waals surface area contributed by atoms with E-state index in [9.17, 15) is 4.79 Å². The number of nitrogens with two attached hydrogens (primary N) is 1. The molecule has 1 aliphatic rings. The smallest absolute Gasteiger partial charge is 0.237 e. The van der Waals surface area contributed by atoms with Crippen LogP contribution in [0.25, 0.3) is 0 Å². The third-order valence-corrected chi connectivity index (χ3v) is 4.08. The first-order valence-corrected chi connectivity index (χ1v) is 7.73. The first kappa shape index (κ1) is 18.9. The molecular formula is C16H27ClN4O. The number of hydrogen-bond acceptors (Lipinski definition) is 4. The molecule has 1 amide bonds. The van der Waals surface area contributed by atoms with Crippen molar-refractivity contribution in [3.05, 3.63) is 30.1 Å². The highest BCUT2D eigenvalue weighted by Crippen LogP contribution is 2.14. The fourth-order valence-electron chi connectivity index (χ4n) is 2.59. The fourth-order valence-corrected chi connectivity index (χ4v) is 2.59. The van der Waals surface area contributed by atoms with Crippen LogP contribution in [0, 0.1) is 5.92 Å². The van der Waals surface area contributed by atoms with Gasteiger partial charge in [0, 0.05) is 38.1 Å². The molecule has 5 nitrogen and oxygen atoms in total. The SMILES string of the molecule is CC(C)[C@H](N)C(=O)NC1CCN(Cc2cccnc2)CC1.Cl. The van der Waals surface area contributed by atoms with E-state index in [2.05, 4.69) is 21.3 Å². The predicted octanol–water partition coefficient (Wildman–Crippen LogP) is 1.57. The van der Waals surface area contributed by atoms with Crippen molar-refractivity contribution < 1.29 is 4.79 Å². The maximum atomic E-state index is 12.0. The minimum atomic E-state index is -0.404. The first-order valence-electron chi connectivity index (χ1n) is 7.73. The molecule has 0 aliphatic carbocycles. The molecule has 6 heteroatoms. The molecule has 0 unspecified atom stereocenters. The molecule has 124 valence electrons. The van der Waals surface area contributed by atoms with Crippen molar-refractivity contribution in [3.63, 3.8) is 0 Å². The highest BCUT2D eigenvalue weighted by molar-refractivity contribution is 5.85. The Labute approximate surface area is 139 Å². The van der Waals surface area contributed by atoms with Crippen molar-refractivity contribution >= 4 is 18.3 Å². The Morgan fingerprint density at radius 1 is 1.45 bits per heavy atom. The molecular weight excluding hydrogens is 300 g/mol. The van der Waals surface area contributed by atoms with Crippen LogP contribution in [0.2, 0.25) is 0 Å². The van der Waals surface area contributed by atoms with Gasteiger partial charge in [0.15, 0.2) is 0 Å². The molecule has 1 aromatic heterocycles. The van der Waals surface area contributed by atoms with Gasteiger partial charge < -0.3 is 11.1 Å². The lowest BCUT2D eigenvalue weighted by atomic mass is 10.0. The zero-order valence-electron chi connectivity index (χ0n) is 13.4. The van der Waals surface area contributed by atoms with Crippen LogP contribution in [0.4, 0.5) is 0 Å². The normalized spacial score (nSPS) is 17.8. The third-order valence-electron chi connectivity index (χ3n) is 4.08. The lowest BCUT2D eigenvalue weighted by Crippen LogP contribution is -2.51. The maximum Gasteiger partial charge on any atom is 0.237 e. The van der Waals surface area contributed by atoms with Gasteiger partial charge >= 0.3 is 0 Å². The Hall–Kier alpha value is -1.17. The third kappa shape index (κ3) is 5.55. The fraction of sp³-hybridized carbons (Fsp3) is 0.625. The number of hydrogen-bond donors (Lipinski definition) is 2. The van der Waals surface area contributed by atoms with Crippen molar-refractivity contribution in [2.75, 3.05) is 13.1 Å². The topological polar surface area (TPSA) is 71.2 Å². The van der Waals surface area contributed by atoms with Crippen LogP contribution in [0.1, 0.15) is 32.3 Å². The van der Waals surface area contributed by atoms with Gasteiger partial charge in [0.1, 0.15) is 0 Å². The monoisotopic (exact) mass is 326 g/mol. The molecule has 1 atom stereocenters. The highest BCUT2D eigenvalue weighted by Gasteiger charge is 2.24. The second kappa shape index (κ2) is 9.08. The number of carbonyl (C=O) groups excluding carboxylic acids is 1. The summed E-state index contributed by atoms with van der Waals surface area (Å²) in [7, 11) is 0. The largest absolute Gasteiger partial charge is 0.352 e. The number of amides is 1. The number of rotatable bonds is 5. The van der Waals surface area contributed by atoms with Crippen LogP contribution in [0.5, 0.6) is 0 Å². The minimum Gasteiger partial charge on any atom is -0.352 e. The number of aromatic nitrogens is 1. The number of pyridine rings is 1. The molecule has 1 saturated heterocycles. The van der Waals surface area contributed by atoms with E-state index in [-0.39, 0.29) is 30.3 Å². The van der Waals surface area contributed by atoms with Gasteiger partial charge in [0.2, 0.25) is 5.91 Å². The maximum absolute atomic E-state index is 12.0. The number of nitrogens with zero attached hydrogens (tertiary/aromatic N) is 2.